The van der Waals surface area contributed by atoms with Crippen molar-refractivity contribution in [2.24, 2.45) is 0 Å². The van der Waals surface area contributed by atoms with Crippen LogP contribution in [-0.4, -0.2) is 62.3 Å². The van der Waals surface area contributed by atoms with Gasteiger partial charge in [-0.2, -0.15) is 0 Å². The highest BCUT2D eigenvalue weighted by atomic mass is 79.9. The molecule has 17 heteroatoms. The predicted molar refractivity (Wildman–Crippen MR) is 163 cm³/mol. The van der Waals surface area contributed by atoms with Gasteiger partial charge in [-0.05, 0) is 56.1 Å². The molecule has 2 aromatic carbocycles. The molecule has 4 aromatic rings. The standard InChI is InChI=1S/C18H17BrCl2N2O7.C7H3BrCl2N2/c1-7(24)28-14-6-27-17(16(30-9(3)26)15(14)29-8(2)25)23-13-5-11(21)10(20)4-12(13)22-18(23)19;8-7-11-5-1-3(9)4(10)2-6(5)12-7/h4-5,14-17H,6H2,1-3H3;1-2H,(H,11,12)/t14-,15+,16-,17-;/m1./s1. The number of imidazole rings is 2. The quantitative estimate of drug-likeness (QED) is 0.170. The Bertz CT molecular complexity index is 1640. The van der Waals surface area contributed by atoms with Gasteiger partial charge in [-0.25, -0.2) is 9.97 Å². The third-order valence-electron chi connectivity index (χ3n) is 5.76. The number of nitrogens with zero attached hydrogens (tertiary/aromatic N) is 3. The number of carbonyl (C=O) groups excluding carboxylic acids is 3. The zero-order valence-electron chi connectivity index (χ0n) is 21.8. The van der Waals surface area contributed by atoms with Crippen LogP contribution in [0.2, 0.25) is 20.1 Å². The summed E-state index contributed by atoms with van der Waals surface area (Å²) in [4.78, 5) is 46.6. The Morgan fingerprint density at radius 3 is 2.00 bits per heavy atom. The molecule has 0 saturated carbocycles. The van der Waals surface area contributed by atoms with E-state index in [4.69, 9.17) is 65.4 Å². The number of hydrogen-bond donors (Lipinski definition) is 1. The SMILES string of the molecule is CC(=O)O[C@@H]1[C@@H](OC(C)=O)[C@H](OC(C)=O)CO[C@H]1n1c(Br)nc2cc(Cl)c(Cl)cc21.Clc1cc2nc(Br)[nH]c2cc1Cl. The summed E-state index contributed by atoms with van der Waals surface area (Å²) in [6, 6.07) is 6.64. The number of carbonyl (C=O) groups is 3. The van der Waals surface area contributed by atoms with E-state index >= 15 is 0 Å². The maximum Gasteiger partial charge on any atom is 0.303 e. The highest BCUT2D eigenvalue weighted by Gasteiger charge is 2.48. The maximum absolute atomic E-state index is 11.8. The molecule has 0 amide bonds. The predicted octanol–water partition coefficient (Wildman–Crippen LogP) is 7.06. The van der Waals surface area contributed by atoms with Crippen molar-refractivity contribution in [2.45, 2.75) is 45.3 Å². The van der Waals surface area contributed by atoms with Crippen LogP contribution in [0, 0.1) is 0 Å². The summed E-state index contributed by atoms with van der Waals surface area (Å²) in [5, 5.41) is 1.64. The van der Waals surface area contributed by atoms with E-state index in [1.54, 1.807) is 28.8 Å². The van der Waals surface area contributed by atoms with Gasteiger partial charge in [-0.3, -0.25) is 19.0 Å². The third-order valence-corrected chi connectivity index (χ3v) is 8.14. The molecule has 1 saturated heterocycles. The van der Waals surface area contributed by atoms with E-state index in [9.17, 15) is 14.4 Å². The van der Waals surface area contributed by atoms with Crippen LogP contribution in [0.3, 0.4) is 0 Å². The molecule has 0 aliphatic carbocycles. The highest BCUT2D eigenvalue weighted by molar-refractivity contribution is 9.10. The van der Waals surface area contributed by atoms with Gasteiger partial charge in [-0.1, -0.05) is 46.4 Å². The fourth-order valence-corrected chi connectivity index (χ4v) is 5.85. The van der Waals surface area contributed by atoms with Gasteiger partial charge >= 0.3 is 17.9 Å². The number of fused-ring (bicyclic) bond motifs is 2. The molecule has 1 aliphatic rings. The van der Waals surface area contributed by atoms with Crippen molar-refractivity contribution in [1.29, 1.82) is 0 Å². The van der Waals surface area contributed by atoms with Gasteiger partial charge in [0.1, 0.15) is 0 Å². The zero-order chi connectivity index (χ0) is 30.9. The van der Waals surface area contributed by atoms with Gasteiger partial charge in [0.15, 0.2) is 34.0 Å². The molecule has 42 heavy (non-hydrogen) atoms. The van der Waals surface area contributed by atoms with Crippen molar-refractivity contribution >= 4 is 118 Å². The van der Waals surface area contributed by atoms with E-state index in [0.717, 1.165) is 11.0 Å². The average Bonchev–Trinajstić information content (AvgIpc) is 3.38. The van der Waals surface area contributed by atoms with Crippen molar-refractivity contribution in [3.8, 4) is 0 Å². The Hall–Kier alpha value is -2.13. The van der Waals surface area contributed by atoms with Crippen LogP contribution in [-0.2, 0) is 33.3 Å². The summed E-state index contributed by atoms with van der Waals surface area (Å²) in [5.41, 5.74) is 2.71. The lowest BCUT2D eigenvalue weighted by atomic mass is 10.0. The normalized spacial score (nSPS) is 20.1. The van der Waals surface area contributed by atoms with E-state index in [0.29, 0.717) is 35.6 Å². The first kappa shape index (κ1) is 32.8. The maximum atomic E-state index is 11.8. The minimum absolute atomic E-state index is 0.118. The number of benzene rings is 2. The topological polar surface area (TPSA) is 135 Å². The summed E-state index contributed by atoms with van der Waals surface area (Å²) >= 11 is 30.4. The van der Waals surface area contributed by atoms with Crippen LogP contribution in [0.1, 0.15) is 27.0 Å². The van der Waals surface area contributed by atoms with Gasteiger partial charge in [0, 0.05) is 20.8 Å². The van der Waals surface area contributed by atoms with Crippen molar-refractivity contribution in [3.63, 3.8) is 0 Å². The minimum Gasteiger partial charge on any atom is -0.456 e. The molecule has 1 fully saturated rings. The molecule has 0 bridgehead atoms. The summed E-state index contributed by atoms with van der Waals surface area (Å²) in [6.45, 7) is 3.50. The highest BCUT2D eigenvalue weighted by Crippen LogP contribution is 2.37. The molecular weight excluding hydrogens is 770 g/mol. The number of hydrogen-bond acceptors (Lipinski definition) is 9. The minimum atomic E-state index is -1.15. The third kappa shape index (κ3) is 7.50. The molecule has 0 radical (unpaired) electrons. The number of aromatic nitrogens is 4. The van der Waals surface area contributed by atoms with Crippen molar-refractivity contribution in [3.05, 3.63) is 53.8 Å². The number of esters is 3. The number of rotatable bonds is 4. The van der Waals surface area contributed by atoms with Crippen LogP contribution >= 0.6 is 78.3 Å². The van der Waals surface area contributed by atoms with E-state index in [-0.39, 0.29) is 11.6 Å². The lowest BCUT2D eigenvalue weighted by Gasteiger charge is -2.41. The Balaban J connectivity index is 0.000000279. The molecule has 1 N–H and O–H groups in total. The van der Waals surface area contributed by atoms with Crippen LogP contribution < -0.4 is 0 Å². The van der Waals surface area contributed by atoms with Crippen LogP contribution in [0.25, 0.3) is 22.1 Å². The van der Waals surface area contributed by atoms with Crippen molar-refractivity contribution in [2.75, 3.05) is 6.61 Å². The smallest absolute Gasteiger partial charge is 0.303 e. The fourth-order valence-electron chi connectivity index (χ4n) is 4.22. The first-order valence-electron chi connectivity index (χ1n) is 11.9. The number of nitrogens with one attached hydrogen (secondary N) is 1. The second-order valence-electron chi connectivity index (χ2n) is 8.84. The van der Waals surface area contributed by atoms with Crippen LogP contribution in [0.5, 0.6) is 0 Å². The second kappa shape index (κ2) is 13.7. The summed E-state index contributed by atoms with van der Waals surface area (Å²) < 4.78 is 24.5. The summed E-state index contributed by atoms with van der Waals surface area (Å²) in [7, 11) is 0. The fraction of sp³-hybridized carbons (Fsp3) is 0.320. The molecule has 0 unspecified atom stereocenters. The second-order valence-corrected chi connectivity index (χ2v) is 11.9. The largest absolute Gasteiger partial charge is 0.456 e. The number of halogens is 6. The van der Waals surface area contributed by atoms with Gasteiger partial charge in [0.2, 0.25) is 0 Å². The Labute approximate surface area is 275 Å². The van der Waals surface area contributed by atoms with Crippen molar-refractivity contribution in [1.82, 2.24) is 19.5 Å². The van der Waals surface area contributed by atoms with Gasteiger partial charge in [0.05, 0.1) is 48.8 Å². The molecule has 1 aliphatic heterocycles. The first-order chi connectivity index (χ1) is 19.7. The van der Waals surface area contributed by atoms with Gasteiger partial charge in [0.25, 0.3) is 0 Å². The van der Waals surface area contributed by atoms with E-state index < -0.39 is 42.4 Å². The monoisotopic (exact) mass is 786 g/mol. The Morgan fingerprint density at radius 1 is 0.833 bits per heavy atom. The number of ether oxygens (including phenoxy) is 4. The van der Waals surface area contributed by atoms with Gasteiger partial charge < -0.3 is 23.9 Å². The number of aromatic amines is 1. The lowest BCUT2D eigenvalue weighted by molar-refractivity contribution is -0.239. The van der Waals surface area contributed by atoms with Crippen LogP contribution in [0.15, 0.2) is 33.7 Å². The first-order valence-corrected chi connectivity index (χ1v) is 15.0. The molecule has 5 rings (SSSR count). The molecule has 11 nitrogen and oxygen atoms in total. The lowest BCUT2D eigenvalue weighted by Crippen LogP contribution is -2.55. The van der Waals surface area contributed by atoms with E-state index in [2.05, 4.69) is 46.8 Å². The molecule has 224 valence electrons. The molecule has 4 atom stereocenters. The van der Waals surface area contributed by atoms with E-state index in [1.807, 2.05) is 0 Å². The molecule has 3 heterocycles. The van der Waals surface area contributed by atoms with Crippen LogP contribution in [0.4, 0.5) is 0 Å². The van der Waals surface area contributed by atoms with Crippen molar-refractivity contribution < 1.29 is 33.3 Å². The van der Waals surface area contributed by atoms with Gasteiger partial charge in [-0.15, -0.1) is 0 Å². The number of H-pyrrole nitrogens is 1. The Kier molecular flexibility index (Phi) is 10.7. The summed E-state index contributed by atoms with van der Waals surface area (Å²) in [6.07, 6.45) is -4.20. The van der Waals surface area contributed by atoms with E-state index in [1.165, 1.54) is 20.8 Å². The summed E-state index contributed by atoms with van der Waals surface area (Å²) in [5.74, 6) is -1.88. The Morgan fingerprint density at radius 2 is 1.38 bits per heavy atom. The average molecular weight is 790 g/mol. The molecular formula is C25H20Br2Cl4N4O7. The zero-order valence-corrected chi connectivity index (χ0v) is 28.0. The molecule has 2 aromatic heterocycles. The molecule has 0 spiro atoms.